The minimum atomic E-state index is 0.0794. The Morgan fingerprint density at radius 1 is 1.46 bits per heavy atom. The maximum atomic E-state index is 4.52. The average molecular weight is 181 g/mol. The summed E-state index contributed by atoms with van der Waals surface area (Å²) in [6.07, 6.45) is 0. The molecule has 0 atom stereocenters. The molecule has 13 heavy (non-hydrogen) atoms. The van der Waals surface area contributed by atoms with Crippen LogP contribution < -0.4 is 5.32 Å². The highest BCUT2D eigenvalue weighted by molar-refractivity contribution is 5.10. The van der Waals surface area contributed by atoms with Gasteiger partial charge in [-0.2, -0.15) is 5.10 Å². The van der Waals surface area contributed by atoms with E-state index in [9.17, 15) is 0 Å². The zero-order valence-corrected chi connectivity index (χ0v) is 9.18. The Labute approximate surface area is 80.1 Å². The van der Waals surface area contributed by atoms with Gasteiger partial charge >= 0.3 is 0 Å². The van der Waals surface area contributed by atoms with Gasteiger partial charge in [0.05, 0.1) is 11.2 Å². The molecule has 0 saturated carbocycles. The van der Waals surface area contributed by atoms with Crippen LogP contribution in [0.4, 0.5) is 0 Å². The predicted molar refractivity (Wildman–Crippen MR) is 54.7 cm³/mol. The van der Waals surface area contributed by atoms with Crippen molar-refractivity contribution in [3.05, 3.63) is 17.5 Å². The summed E-state index contributed by atoms with van der Waals surface area (Å²) >= 11 is 0. The first kappa shape index (κ1) is 10.3. The molecule has 0 spiro atoms. The van der Waals surface area contributed by atoms with Gasteiger partial charge in [-0.15, -0.1) is 0 Å². The van der Waals surface area contributed by atoms with E-state index in [-0.39, 0.29) is 5.54 Å². The summed E-state index contributed by atoms with van der Waals surface area (Å²) in [5.74, 6) is 0. The van der Waals surface area contributed by atoms with Gasteiger partial charge in [0.25, 0.3) is 0 Å². The maximum absolute atomic E-state index is 4.52. The lowest BCUT2D eigenvalue weighted by Gasteiger charge is -2.21. The van der Waals surface area contributed by atoms with E-state index in [0.717, 1.165) is 12.2 Å². The second kappa shape index (κ2) is 3.50. The first-order valence-electron chi connectivity index (χ1n) is 4.66. The van der Waals surface area contributed by atoms with Crippen molar-refractivity contribution in [2.45, 2.75) is 39.8 Å². The average Bonchev–Trinajstić information content (AvgIpc) is 2.30. The fraction of sp³-hybridized carbons (Fsp3) is 0.700. The lowest BCUT2D eigenvalue weighted by molar-refractivity contribution is 0.345. The summed E-state index contributed by atoms with van der Waals surface area (Å²) < 4.78 is 2.07. The van der Waals surface area contributed by atoms with Gasteiger partial charge in [0, 0.05) is 12.2 Å². The van der Waals surface area contributed by atoms with E-state index in [0.29, 0.717) is 0 Å². The Morgan fingerprint density at radius 2 is 2.08 bits per heavy atom. The van der Waals surface area contributed by atoms with E-state index in [1.165, 1.54) is 5.69 Å². The molecular formula is C10H19N3. The van der Waals surface area contributed by atoms with Gasteiger partial charge in [0.15, 0.2) is 0 Å². The molecule has 1 aromatic rings. The van der Waals surface area contributed by atoms with Gasteiger partial charge < -0.3 is 5.32 Å². The fourth-order valence-corrected chi connectivity index (χ4v) is 1.49. The summed E-state index contributed by atoms with van der Waals surface area (Å²) in [6.45, 7) is 9.42. The van der Waals surface area contributed by atoms with Crippen molar-refractivity contribution in [1.29, 1.82) is 0 Å². The van der Waals surface area contributed by atoms with Crippen LogP contribution in [0.3, 0.4) is 0 Å². The van der Waals surface area contributed by atoms with Crippen LogP contribution in [0.25, 0.3) is 0 Å². The molecule has 1 aromatic heterocycles. The maximum Gasteiger partial charge on any atom is 0.0765 e. The molecule has 0 aliphatic carbocycles. The number of nitrogens with one attached hydrogen (secondary N) is 1. The number of hydrogen-bond acceptors (Lipinski definition) is 2. The molecule has 3 nitrogen and oxygen atoms in total. The molecule has 0 fully saturated rings. The first-order chi connectivity index (χ1) is 5.95. The summed E-state index contributed by atoms with van der Waals surface area (Å²) in [5.41, 5.74) is 2.41. The van der Waals surface area contributed by atoms with Gasteiger partial charge in [-0.25, -0.2) is 0 Å². The Balaban J connectivity index is 2.96. The highest BCUT2D eigenvalue weighted by atomic mass is 15.3. The number of nitrogens with zero attached hydrogens (tertiary/aromatic N) is 2. The Kier molecular flexibility index (Phi) is 2.76. The quantitative estimate of drug-likeness (QED) is 0.752. The molecule has 0 radical (unpaired) electrons. The van der Waals surface area contributed by atoms with Crippen LogP contribution in [0.15, 0.2) is 6.07 Å². The molecular weight excluding hydrogens is 162 g/mol. The van der Waals surface area contributed by atoms with Crippen LogP contribution in [0, 0.1) is 6.92 Å². The minimum absolute atomic E-state index is 0.0794. The van der Waals surface area contributed by atoms with Crippen molar-refractivity contribution < 1.29 is 0 Å². The molecule has 74 valence electrons. The second-order valence-electron chi connectivity index (χ2n) is 4.39. The molecule has 0 saturated heterocycles. The monoisotopic (exact) mass is 181 g/mol. The molecule has 0 amide bonds. The van der Waals surface area contributed by atoms with Crippen molar-refractivity contribution in [2.24, 2.45) is 0 Å². The molecule has 0 bridgehead atoms. The van der Waals surface area contributed by atoms with E-state index in [4.69, 9.17) is 0 Å². The number of aryl methyl sites for hydroxylation is 1. The van der Waals surface area contributed by atoms with Gasteiger partial charge in [-0.3, -0.25) is 4.68 Å². The predicted octanol–water partition coefficient (Wildman–Crippen LogP) is 1.67. The highest BCUT2D eigenvalue weighted by Crippen LogP contribution is 2.16. The normalized spacial score (nSPS) is 12.1. The Bertz CT molecular complexity index is 281. The molecule has 0 aliphatic heterocycles. The Morgan fingerprint density at radius 3 is 2.46 bits per heavy atom. The number of aromatic nitrogens is 2. The van der Waals surface area contributed by atoms with Crippen molar-refractivity contribution in [3.8, 4) is 0 Å². The highest BCUT2D eigenvalue weighted by Gasteiger charge is 2.16. The van der Waals surface area contributed by atoms with Crippen LogP contribution in [0.5, 0.6) is 0 Å². The van der Waals surface area contributed by atoms with Crippen molar-refractivity contribution in [2.75, 3.05) is 7.05 Å². The van der Waals surface area contributed by atoms with E-state index in [2.05, 4.69) is 48.9 Å². The smallest absolute Gasteiger partial charge is 0.0765 e. The zero-order valence-electron chi connectivity index (χ0n) is 9.18. The van der Waals surface area contributed by atoms with E-state index in [1.54, 1.807) is 0 Å². The molecule has 1 heterocycles. The lowest BCUT2D eigenvalue weighted by Crippen LogP contribution is -2.24. The van der Waals surface area contributed by atoms with E-state index >= 15 is 0 Å². The van der Waals surface area contributed by atoms with Gasteiger partial charge in [-0.1, -0.05) is 0 Å². The third-order valence-corrected chi connectivity index (χ3v) is 1.93. The fourth-order valence-electron chi connectivity index (χ4n) is 1.49. The summed E-state index contributed by atoms with van der Waals surface area (Å²) in [7, 11) is 1.94. The third-order valence-electron chi connectivity index (χ3n) is 1.93. The third kappa shape index (κ3) is 2.31. The standard InChI is InChI=1S/C10H19N3/c1-8-6-9(7-11-5)12-13(8)10(2,3)4/h6,11H,7H2,1-5H3. The van der Waals surface area contributed by atoms with Crippen molar-refractivity contribution in [3.63, 3.8) is 0 Å². The summed E-state index contributed by atoms with van der Waals surface area (Å²) in [5, 5.41) is 7.63. The molecule has 0 aliphatic rings. The number of hydrogen-bond donors (Lipinski definition) is 1. The van der Waals surface area contributed by atoms with Crippen molar-refractivity contribution >= 4 is 0 Å². The van der Waals surface area contributed by atoms with Crippen LogP contribution in [-0.2, 0) is 12.1 Å². The van der Waals surface area contributed by atoms with Crippen molar-refractivity contribution in [1.82, 2.24) is 15.1 Å². The number of rotatable bonds is 2. The topological polar surface area (TPSA) is 29.9 Å². The van der Waals surface area contributed by atoms with Crippen LogP contribution in [0.2, 0.25) is 0 Å². The minimum Gasteiger partial charge on any atom is -0.314 e. The van der Waals surface area contributed by atoms with Gasteiger partial charge in [-0.05, 0) is 40.8 Å². The molecule has 3 heteroatoms. The summed E-state index contributed by atoms with van der Waals surface area (Å²) in [6, 6.07) is 2.13. The van der Waals surface area contributed by atoms with Gasteiger partial charge in [0.2, 0.25) is 0 Å². The van der Waals surface area contributed by atoms with E-state index < -0.39 is 0 Å². The lowest BCUT2D eigenvalue weighted by atomic mass is 10.1. The molecule has 0 unspecified atom stereocenters. The zero-order chi connectivity index (χ0) is 10.1. The second-order valence-corrected chi connectivity index (χ2v) is 4.39. The molecule has 1 rings (SSSR count). The SMILES string of the molecule is CNCc1cc(C)n(C(C)(C)C)n1. The van der Waals surface area contributed by atoms with Crippen LogP contribution in [-0.4, -0.2) is 16.8 Å². The summed E-state index contributed by atoms with van der Waals surface area (Å²) in [4.78, 5) is 0. The van der Waals surface area contributed by atoms with Crippen LogP contribution in [0.1, 0.15) is 32.2 Å². The van der Waals surface area contributed by atoms with E-state index in [1.807, 2.05) is 7.05 Å². The first-order valence-corrected chi connectivity index (χ1v) is 4.66. The van der Waals surface area contributed by atoms with Gasteiger partial charge in [0.1, 0.15) is 0 Å². The van der Waals surface area contributed by atoms with Crippen LogP contribution >= 0.6 is 0 Å². The largest absolute Gasteiger partial charge is 0.314 e. The Hall–Kier alpha value is -0.830. The molecule has 1 N–H and O–H groups in total. The molecule has 0 aromatic carbocycles.